The number of ketones is 1. The molecule has 2 fully saturated rings. The van der Waals surface area contributed by atoms with E-state index in [0.29, 0.717) is 23.6 Å². The van der Waals surface area contributed by atoms with Gasteiger partial charge < -0.3 is 4.90 Å². The SMILES string of the molecule is CCCN1C(=O)[C@@H]2[C@H](C1=O)[C@@H]1c3ccccc3C=CN1[C@@H]2C(=O)c1ccc(Cl)cc1. The molecule has 5 nitrogen and oxygen atoms in total. The Morgan fingerprint density at radius 1 is 1.00 bits per heavy atom. The van der Waals surface area contributed by atoms with Crippen LogP contribution in [0.15, 0.2) is 54.7 Å². The normalized spacial score (nSPS) is 26.6. The third kappa shape index (κ3) is 2.65. The minimum absolute atomic E-state index is 0.160. The minimum atomic E-state index is -0.718. The number of halogens is 1. The molecule has 0 unspecified atom stereocenters. The van der Waals surface area contributed by atoms with Crippen LogP contribution >= 0.6 is 11.6 Å². The number of nitrogens with zero attached hydrogens (tertiary/aromatic N) is 2. The van der Waals surface area contributed by atoms with Crippen LogP contribution in [0.25, 0.3) is 6.08 Å². The van der Waals surface area contributed by atoms with E-state index in [0.717, 1.165) is 11.1 Å². The van der Waals surface area contributed by atoms with Crippen LogP contribution in [0.2, 0.25) is 5.02 Å². The van der Waals surface area contributed by atoms with Crippen LogP contribution in [0.1, 0.15) is 40.9 Å². The van der Waals surface area contributed by atoms with E-state index >= 15 is 0 Å². The van der Waals surface area contributed by atoms with Crippen molar-refractivity contribution in [2.24, 2.45) is 11.8 Å². The summed E-state index contributed by atoms with van der Waals surface area (Å²) in [6, 6.07) is 13.5. The van der Waals surface area contributed by atoms with Crippen LogP contribution in [-0.2, 0) is 9.59 Å². The summed E-state index contributed by atoms with van der Waals surface area (Å²) in [6.45, 7) is 2.33. The molecule has 0 saturated carbocycles. The molecule has 3 aliphatic rings. The van der Waals surface area contributed by atoms with Gasteiger partial charge in [-0.05, 0) is 47.9 Å². The Bertz CT molecular complexity index is 1080. The van der Waals surface area contributed by atoms with Crippen LogP contribution in [0, 0.1) is 11.8 Å². The van der Waals surface area contributed by atoms with E-state index in [9.17, 15) is 14.4 Å². The van der Waals surface area contributed by atoms with Crippen molar-refractivity contribution < 1.29 is 14.4 Å². The molecule has 3 aliphatic heterocycles. The van der Waals surface area contributed by atoms with Crippen molar-refractivity contribution in [3.05, 3.63) is 76.4 Å². The van der Waals surface area contributed by atoms with Gasteiger partial charge >= 0.3 is 0 Å². The highest BCUT2D eigenvalue weighted by atomic mass is 35.5. The van der Waals surface area contributed by atoms with Gasteiger partial charge in [-0.3, -0.25) is 19.3 Å². The highest BCUT2D eigenvalue weighted by molar-refractivity contribution is 6.30. The number of hydrogen-bond acceptors (Lipinski definition) is 4. The molecule has 0 radical (unpaired) electrons. The van der Waals surface area contributed by atoms with Gasteiger partial charge in [0.1, 0.15) is 6.04 Å². The van der Waals surface area contributed by atoms with E-state index in [1.54, 1.807) is 24.3 Å². The number of amides is 2. The summed E-state index contributed by atoms with van der Waals surface area (Å²) < 4.78 is 0. The van der Waals surface area contributed by atoms with Crippen LogP contribution in [0.3, 0.4) is 0 Å². The molecule has 0 bridgehead atoms. The molecule has 2 saturated heterocycles. The van der Waals surface area contributed by atoms with Crippen LogP contribution in [0.4, 0.5) is 0 Å². The van der Waals surface area contributed by atoms with E-state index in [4.69, 9.17) is 11.6 Å². The number of hydrogen-bond donors (Lipinski definition) is 0. The summed E-state index contributed by atoms with van der Waals surface area (Å²) in [5.74, 6) is -1.81. The summed E-state index contributed by atoms with van der Waals surface area (Å²) in [5, 5.41) is 0.543. The molecule has 152 valence electrons. The topological polar surface area (TPSA) is 57.7 Å². The molecular weight excluding hydrogens is 400 g/mol. The maximum Gasteiger partial charge on any atom is 0.235 e. The number of carbonyl (C=O) groups excluding carboxylic acids is 3. The molecule has 4 atom stereocenters. The first-order valence-corrected chi connectivity index (χ1v) is 10.6. The zero-order chi connectivity index (χ0) is 21.0. The van der Waals surface area contributed by atoms with Gasteiger partial charge in [0.2, 0.25) is 11.8 Å². The summed E-state index contributed by atoms with van der Waals surface area (Å²) in [4.78, 5) is 43.5. The molecule has 0 aromatic heterocycles. The van der Waals surface area contributed by atoms with Gasteiger partial charge in [-0.15, -0.1) is 0 Å². The third-order valence-electron chi connectivity index (χ3n) is 6.40. The Morgan fingerprint density at radius 2 is 1.70 bits per heavy atom. The maximum absolute atomic E-state index is 13.6. The van der Waals surface area contributed by atoms with E-state index in [-0.39, 0.29) is 23.6 Å². The molecule has 0 aliphatic carbocycles. The van der Waals surface area contributed by atoms with Crippen molar-refractivity contribution >= 4 is 35.3 Å². The van der Waals surface area contributed by atoms with E-state index in [1.165, 1.54) is 4.90 Å². The summed E-state index contributed by atoms with van der Waals surface area (Å²) in [6.07, 6.45) is 4.51. The molecule has 3 heterocycles. The molecule has 6 heteroatoms. The Morgan fingerprint density at radius 3 is 2.43 bits per heavy atom. The number of carbonyl (C=O) groups is 3. The summed E-state index contributed by atoms with van der Waals surface area (Å²) in [7, 11) is 0. The molecule has 2 amide bonds. The van der Waals surface area contributed by atoms with Gasteiger partial charge in [0, 0.05) is 23.3 Å². The molecular formula is C24H21ClN2O3. The minimum Gasteiger partial charge on any atom is -0.358 e. The number of fused-ring (bicyclic) bond motifs is 5. The Labute approximate surface area is 179 Å². The number of imide groups is 1. The van der Waals surface area contributed by atoms with Gasteiger partial charge in [-0.2, -0.15) is 0 Å². The van der Waals surface area contributed by atoms with E-state index in [2.05, 4.69) is 0 Å². The first kappa shape index (κ1) is 19.1. The van der Waals surface area contributed by atoms with Crippen molar-refractivity contribution in [1.29, 1.82) is 0 Å². The second-order valence-corrected chi connectivity index (χ2v) is 8.47. The first-order valence-electron chi connectivity index (χ1n) is 10.2. The Balaban J connectivity index is 1.64. The van der Waals surface area contributed by atoms with E-state index < -0.39 is 17.9 Å². The smallest absolute Gasteiger partial charge is 0.235 e. The number of rotatable bonds is 4. The van der Waals surface area contributed by atoms with Crippen molar-refractivity contribution in [2.45, 2.75) is 25.4 Å². The fourth-order valence-corrected chi connectivity index (χ4v) is 5.27. The highest BCUT2D eigenvalue weighted by Gasteiger charge is 2.64. The second-order valence-electron chi connectivity index (χ2n) is 8.03. The predicted octanol–water partition coefficient (Wildman–Crippen LogP) is 3.94. The van der Waals surface area contributed by atoms with Crippen molar-refractivity contribution in [2.75, 3.05) is 6.54 Å². The fraction of sp³-hybridized carbons (Fsp3) is 0.292. The Kier molecular flexibility index (Phi) is 4.51. The lowest BCUT2D eigenvalue weighted by atomic mass is 9.83. The second kappa shape index (κ2) is 7.10. The summed E-state index contributed by atoms with van der Waals surface area (Å²) >= 11 is 5.99. The maximum atomic E-state index is 13.6. The van der Waals surface area contributed by atoms with Gasteiger partial charge in [0.25, 0.3) is 0 Å². The molecule has 2 aromatic carbocycles. The first-order chi connectivity index (χ1) is 14.5. The van der Waals surface area contributed by atoms with Crippen LogP contribution in [-0.4, -0.2) is 40.0 Å². The average Bonchev–Trinajstić information content (AvgIpc) is 3.22. The van der Waals surface area contributed by atoms with E-state index in [1.807, 2.05) is 48.4 Å². The van der Waals surface area contributed by atoms with Crippen molar-refractivity contribution in [3.63, 3.8) is 0 Å². The highest BCUT2D eigenvalue weighted by Crippen LogP contribution is 2.53. The number of benzene rings is 2. The number of likely N-dealkylation sites (tertiary alicyclic amines) is 1. The Hall–Kier alpha value is -2.92. The zero-order valence-electron chi connectivity index (χ0n) is 16.5. The molecule has 0 spiro atoms. The van der Waals surface area contributed by atoms with Crippen LogP contribution < -0.4 is 0 Å². The molecule has 30 heavy (non-hydrogen) atoms. The molecule has 5 rings (SSSR count). The lowest BCUT2D eigenvalue weighted by Crippen LogP contribution is -2.44. The largest absolute Gasteiger partial charge is 0.358 e. The van der Waals surface area contributed by atoms with Gasteiger partial charge in [0.05, 0.1) is 17.9 Å². The predicted molar refractivity (Wildman–Crippen MR) is 114 cm³/mol. The third-order valence-corrected chi connectivity index (χ3v) is 6.65. The lowest BCUT2D eigenvalue weighted by Gasteiger charge is -2.35. The quantitative estimate of drug-likeness (QED) is 0.555. The number of Topliss-reactive ketones (excluding diaryl/α,β-unsaturated/α-hetero) is 1. The molecule has 0 N–H and O–H groups in total. The van der Waals surface area contributed by atoms with Gasteiger partial charge in [-0.25, -0.2) is 0 Å². The van der Waals surface area contributed by atoms with Crippen molar-refractivity contribution in [1.82, 2.24) is 9.80 Å². The van der Waals surface area contributed by atoms with Crippen molar-refractivity contribution in [3.8, 4) is 0 Å². The molecule has 2 aromatic rings. The summed E-state index contributed by atoms with van der Waals surface area (Å²) in [5.41, 5.74) is 2.50. The standard InChI is InChI=1S/C24H21ClN2O3/c1-2-12-27-23(29)18-19(24(27)30)21(22(28)15-7-9-16(25)10-8-15)26-13-11-14-5-3-4-6-17(14)20(18)26/h3-11,13,18-21H,2,12H2,1H3/t18-,19+,20-,21-/m0/s1. The van der Waals surface area contributed by atoms with Gasteiger partial charge in [-0.1, -0.05) is 42.8 Å². The average molecular weight is 421 g/mol. The lowest BCUT2D eigenvalue weighted by molar-refractivity contribution is -0.141. The monoisotopic (exact) mass is 420 g/mol. The zero-order valence-corrected chi connectivity index (χ0v) is 17.3. The van der Waals surface area contributed by atoms with Gasteiger partial charge in [0.15, 0.2) is 5.78 Å². The van der Waals surface area contributed by atoms with Crippen LogP contribution in [0.5, 0.6) is 0 Å². The fourth-order valence-electron chi connectivity index (χ4n) is 5.15.